The average molecular weight is 446 g/mol. The molecular formula is C24H23FN6O2. The summed E-state index contributed by atoms with van der Waals surface area (Å²) >= 11 is 0. The highest BCUT2D eigenvalue weighted by Gasteiger charge is 2.33. The van der Waals surface area contributed by atoms with E-state index in [9.17, 15) is 9.18 Å². The third-order valence-electron chi connectivity index (χ3n) is 5.88. The smallest absolute Gasteiger partial charge is 0.289 e. The Kier molecular flexibility index (Phi) is 5.95. The minimum Gasteiger partial charge on any atom is -0.459 e. The number of nitrogens with zero attached hydrogens (tertiary/aromatic N) is 6. The van der Waals surface area contributed by atoms with Gasteiger partial charge in [-0.15, -0.1) is 5.10 Å². The van der Waals surface area contributed by atoms with E-state index < -0.39 is 6.04 Å². The lowest BCUT2D eigenvalue weighted by Gasteiger charge is -2.38. The number of tetrazole rings is 1. The molecule has 0 spiro atoms. The molecule has 8 nitrogen and oxygen atoms in total. The number of rotatable bonds is 6. The predicted molar refractivity (Wildman–Crippen MR) is 118 cm³/mol. The fourth-order valence-electron chi connectivity index (χ4n) is 4.21. The van der Waals surface area contributed by atoms with Gasteiger partial charge in [0, 0.05) is 31.7 Å². The van der Waals surface area contributed by atoms with Crippen molar-refractivity contribution in [1.82, 2.24) is 30.0 Å². The second-order valence-corrected chi connectivity index (χ2v) is 7.91. The van der Waals surface area contributed by atoms with Gasteiger partial charge in [-0.05, 0) is 34.2 Å². The number of halogens is 1. The van der Waals surface area contributed by atoms with E-state index in [1.165, 1.54) is 12.3 Å². The molecule has 0 radical (unpaired) electrons. The van der Waals surface area contributed by atoms with Gasteiger partial charge in [0.05, 0.1) is 12.8 Å². The zero-order chi connectivity index (χ0) is 22.6. The Morgan fingerprint density at radius 3 is 2.45 bits per heavy atom. The molecule has 9 heteroatoms. The summed E-state index contributed by atoms with van der Waals surface area (Å²) < 4.78 is 21.9. The second-order valence-electron chi connectivity index (χ2n) is 7.91. The summed E-state index contributed by atoms with van der Waals surface area (Å²) in [6, 6.07) is 19.5. The first kappa shape index (κ1) is 21.0. The average Bonchev–Trinajstić information content (AvgIpc) is 3.54. The van der Waals surface area contributed by atoms with Crippen LogP contribution in [0.2, 0.25) is 0 Å². The zero-order valence-electron chi connectivity index (χ0n) is 17.9. The van der Waals surface area contributed by atoms with E-state index in [1.54, 1.807) is 33.8 Å². The number of piperazine rings is 1. The summed E-state index contributed by atoms with van der Waals surface area (Å²) in [7, 11) is 0. The Morgan fingerprint density at radius 2 is 1.73 bits per heavy atom. The van der Waals surface area contributed by atoms with Crippen LogP contribution in [0.4, 0.5) is 4.39 Å². The summed E-state index contributed by atoms with van der Waals surface area (Å²) in [5, 5.41) is 12.4. The van der Waals surface area contributed by atoms with Crippen LogP contribution in [0.15, 0.2) is 77.4 Å². The van der Waals surface area contributed by atoms with E-state index in [2.05, 4.69) is 20.4 Å². The van der Waals surface area contributed by atoms with Crippen molar-refractivity contribution in [2.45, 2.75) is 12.6 Å². The van der Waals surface area contributed by atoms with Gasteiger partial charge in [0.1, 0.15) is 11.9 Å². The molecule has 5 rings (SSSR count). The molecular weight excluding hydrogens is 423 g/mol. The van der Waals surface area contributed by atoms with Crippen molar-refractivity contribution >= 4 is 5.91 Å². The monoisotopic (exact) mass is 446 g/mol. The van der Waals surface area contributed by atoms with Gasteiger partial charge < -0.3 is 9.32 Å². The highest BCUT2D eigenvalue weighted by molar-refractivity contribution is 5.91. The van der Waals surface area contributed by atoms with Crippen molar-refractivity contribution < 1.29 is 13.6 Å². The van der Waals surface area contributed by atoms with Crippen molar-refractivity contribution in [1.29, 1.82) is 0 Å². The van der Waals surface area contributed by atoms with Crippen molar-refractivity contribution in [3.8, 4) is 0 Å². The highest BCUT2D eigenvalue weighted by Crippen LogP contribution is 2.30. The van der Waals surface area contributed by atoms with Crippen molar-refractivity contribution in [2.24, 2.45) is 0 Å². The molecule has 0 N–H and O–H groups in total. The third kappa shape index (κ3) is 4.40. The molecule has 1 aliphatic heterocycles. The fraction of sp³-hybridized carbons (Fsp3) is 0.250. The molecule has 0 aliphatic carbocycles. The summed E-state index contributed by atoms with van der Waals surface area (Å²) in [6.07, 6.45) is 1.49. The molecule has 1 aliphatic rings. The molecule has 1 fully saturated rings. The molecule has 3 heterocycles. The van der Waals surface area contributed by atoms with Gasteiger partial charge in [0.2, 0.25) is 0 Å². The molecule has 4 aromatic rings. The molecule has 1 saturated heterocycles. The van der Waals surface area contributed by atoms with E-state index in [1.807, 2.05) is 36.4 Å². The van der Waals surface area contributed by atoms with Crippen LogP contribution in [-0.2, 0) is 6.54 Å². The first-order valence-electron chi connectivity index (χ1n) is 10.8. The van der Waals surface area contributed by atoms with Gasteiger partial charge in [-0.3, -0.25) is 9.69 Å². The Labute approximate surface area is 190 Å². The maximum atomic E-state index is 15.0. The summed E-state index contributed by atoms with van der Waals surface area (Å²) in [5.41, 5.74) is 1.56. The van der Waals surface area contributed by atoms with E-state index >= 15 is 0 Å². The highest BCUT2D eigenvalue weighted by atomic mass is 19.1. The SMILES string of the molecule is O=C(c1ccco1)N1CCN([C@@H](c2ccccc2F)c2nnnn2Cc2ccccc2)CC1. The van der Waals surface area contributed by atoms with Gasteiger partial charge >= 0.3 is 0 Å². The predicted octanol–water partition coefficient (Wildman–Crippen LogP) is 3.00. The minimum atomic E-state index is -0.481. The molecule has 0 unspecified atom stereocenters. The number of aromatic nitrogens is 4. The Hall–Kier alpha value is -3.85. The lowest BCUT2D eigenvalue weighted by molar-refractivity contribution is 0.0557. The van der Waals surface area contributed by atoms with E-state index in [0.717, 1.165) is 5.56 Å². The largest absolute Gasteiger partial charge is 0.459 e. The molecule has 0 saturated carbocycles. The van der Waals surface area contributed by atoms with Gasteiger partial charge in [-0.1, -0.05) is 48.5 Å². The lowest BCUT2D eigenvalue weighted by Crippen LogP contribution is -2.50. The molecule has 168 valence electrons. The standard InChI is InChI=1S/C24H23FN6O2/c25-20-10-5-4-9-19(20)22(23-26-27-28-31(23)17-18-7-2-1-3-8-18)29-12-14-30(15-13-29)24(32)21-11-6-16-33-21/h1-11,16,22H,12-15,17H2/t22-/m0/s1. The quantitative estimate of drug-likeness (QED) is 0.453. The lowest BCUT2D eigenvalue weighted by atomic mass is 10.0. The number of benzene rings is 2. The second kappa shape index (κ2) is 9.33. The van der Waals surface area contributed by atoms with Crippen LogP contribution in [0.25, 0.3) is 0 Å². The van der Waals surface area contributed by atoms with Gasteiger partial charge in [0.15, 0.2) is 11.6 Å². The van der Waals surface area contributed by atoms with Crippen LogP contribution in [0.1, 0.15) is 33.5 Å². The van der Waals surface area contributed by atoms with Crippen molar-refractivity contribution in [3.05, 3.63) is 102 Å². The molecule has 33 heavy (non-hydrogen) atoms. The minimum absolute atomic E-state index is 0.143. The van der Waals surface area contributed by atoms with Crippen molar-refractivity contribution in [2.75, 3.05) is 26.2 Å². The topological polar surface area (TPSA) is 80.3 Å². The maximum Gasteiger partial charge on any atom is 0.289 e. The van der Waals surface area contributed by atoms with Crippen LogP contribution in [0.3, 0.4) is 0 Å². The molecule has 2 aromatic carbocycles. The third-order valence-corrected chi connectivity index (χ3v) is 5.88. The number of carbonyl (C=O) groups excluding carboxylic acids is 1. The number of hydrogen-bond acceptors (Lipinski definition) is 6. The summed E-state index contributed by atoms with van der Waals surface area (Å²) in [5.74, 6) is 0.428. The van der Waals surface area contributed by atoms with Crippen LogP contribution in [0, 0.1) is 5.82 Å². The zero-order valence-corrected chi connectivity index (χ0v) is 17.9. The maximum absolute atomic E-state index is 15.0. The Balaban J connectivity index is 1.42. The fourth-order valence-corrected chi connectivity index (χ4v) is 4.21. The molecule has 0 bridgehead atoms. The summed E-state index contributed by atoms with van der Waals surface area (Å²) in [6.45, 7) is 2.55. The number of furan rings is 1. The normalized spacial score (nSPS) is 15.5. The Bertz CT molecular complexity index is 1200. The van der Waals surface area contributed by atoms with Crippen molar-refractivity contribution in [3.63, 3.8) is 0 Å². The van der Waals surface area contributed by atoms with E-state index in [-0.39, 0.29) is 11.7 Å². The Morgan fingerprint density at radius 1 is 0.970 bits per heavy atom. The van der Waals surface area contributed by atoms with E-state index in [0.29, 0.717) is 49.9 Å². The van der Waals surface area contributed by atoms with Gasteiger partial charge in [-0.25, -0.2) is 9.07 Å². The molecule has 2 aromatic heterocycles. The summed E-state index contributed by atoms with van der Waals surface area (Å²) in [4.78, 5) is 16.5. The van der Waals surface area contributed by atoms with Crippen LogP contribution < -0.4 is 0 Å². The van der Waals surface area contributed by atoms with Gasteiger partial charge in [0.25, 0.3) is 5.91 Å². The first-order chi connectivity index (χ1) is 16.2. The number of amides is 1. The van der Waals surface area contributed by atoms with Crippen LogP contribution in [-0.4, -0.2) is 62.1 Å². The van der Waals surface area contributed by atoms with Gasteiger partial charge in [-0.2, -0.15) is 0 Å². The van der Waals surface area contributed by atoms with Crippen LogP contribution in [0.5, 0.6) is 0 Å². The molecule has 1 atom stereocenters. The number of carbonyl (C=O) groups is 1. The van der Waals surface area contributed by atoms with E-state index in [4.69, 9.17) is 4.42 Å². The van der Waals surface area contributed by atoms with Crippen LogP contribution >= 0.6 is 0 Å². The first-order valence-corrected chi connectivity index (χ1v) is 10.8. The molecule has 1 amide bonds. The number of hydrogen-bond donors (Lipinski definition) is 0.